The first-order chi connectivity index (χ1) is 16.7. The zero-order valence-electron chi connectivity index (χ0n) is 18.3. The Labute approximate surface area is 197 Å². The van der Waals surface area contributed by atoms with Gasteiger partial charge in [-0.15, -0.1) is 0 Å². The molecule has 2 aliphatic heterocycles. The molecule has 4 amide bonds. The van der Waals surface area contributed by atoms with E-state index in [4.69, 9.17) is 14.2 Å². The minimum Gasteiger partial charge on any atom is -0.473 e. The Hall–Kier alpha value is -4.40. The highest BCUT2D eigenvalue weighted by molar-refractivity contribution is 5.85. The summed E-state index contributed by atoms with van der Waals surface area (Å²) < 4.78 is 17.5. The van der Waals surface area contributed by atoms with Crippen LogP contribution >= 0.6 is 0 Å². The average Bonchev–Trinajstić information content (AvgIpc) is 3.33. The first-order valence-corrected chi connectivity index (χ1v) is 10.9. The molecule has 0 spiro atoms. The normalized spacial score (nSPS) is 19.1. The van der Waals surface area contributed by atoms with Gasteiger partial charge in [-0.3, -0.25) is 14.7 Å². The van der Waals surface area contributed by atoms with E-state index in [1.54, 1.807) is 0 Å². The molecule has 2 heterocycles. The number of nitrogens with one attached hydrogen (secondary N) is 1. The van der Waals surface area contributed by atoms with Crippen molar-refractivity contribution in [3.63, 3.8) is 0 Å². The molecule has 2 atom stereocenters. The monoisotopic (exact) mass is 460 g/mol. The van der Waals surface area contributed by atoms with Crippen molar-refractivity contribution in [1.82, 2.24) is 20.0 Å². The van der Waals surface area contributed by atoms with E-state index in [9.17, 15) is 9.59 Å². The first kappa shape index (κ1) is 21.4. The molecule has 0 aromatic heterocycles. The van der Waals surface area contributed by atoms with Crippen LogP contribution in [0.4, 0.5) is 9.59 Å². The van der Waals surface area contributed by atoms with Gasteiger partial charge < -0.3 is 19.5 Å². The first-order valence-electron chi connectivity index (χ1n) is 10.9. The van der Waals surface area contributed by atoms with E-state index in [1.165, 1.54) is 14.7 Å². The van der Waals surface area contributed by atoms with Crippen LogP contribution in [0, 0.1) is 0 Å². The number of urea groups is 2. The fraction of sp³-hybridized carbons (Fsp3) is 0.200. The van der Waals surface area contributed by atoms with Crippen LogP contribution in [0.3, 0.4) is 0 Å². The maximum Gasteiger partial charge on any atom is 0.328 e. The summed E-state index contributed by atoms with van der Waals surface area (Å²) in [5.74, 6) is 1.87. The van der Waals surface area contributed by atoms with Crippen molar-refractivity contribution in [3.8, 4) is 17.2 Å². The highest BCUT2D eigenvalue weighted by Gasteiger charge is 2.56. The number of rotatable bonds is 9. The van der Waals surface area contributed by atoms with Gasteiger partial charge >= 0.3 is 12.1 Å². The van der Waals surface area contributed by atoms with Crippen LogP contribution < -0.4 is 19.5 Å². The fourth-order valence-electron chi connectivity index (χ4n) is 3.93. The van der Waals surface area contributed by atoms with E-state index in [-0.39, 0.29) is 32.3 Å². The Morgan fingerprint density at radius 1 is 0.588 bits per heavy atom. The molecule has 0 aliphatic carbocycles. The fourth-order valence-corrected chi connectivity index (χ4v) is 3.93. The molecule has 2 aliphatic rings. The Morgan fingerprint density at radius 2 is 1.00 bits per heavy atom. The van der Waals surface area contributed by atoms with Crippen LogP contribution in [-0.2, 0) is 0 Å². The lowest BCUT2D eigenvalue weighted by Crippen LogP contribution is -2.49. The molecule has 0 radical (unpaired) electrons. The second kappa shape index (κ2) is 9.62. The number of hydrogen-bond acceptors (Lipinski definition) is 5. The molecule has 174 valence electrons. The van der Waals surface area contributed by atoms with E-state index in [1.807, 2.05) is 91.0 Å². The molecule has 3 aromatic carbocycles. The SMILES string of the molecule is O=C1NC2C(N1COc1ccccc1)N(COc1ccccc1)C(=O)N2COc1ccccc1. The van der Waals surface area contributed by atoms with Gasteiger partial charge in [0.1, 0.15) is 17.2 Å². The van der Waals surface area contributed by atoms with Crippen molar-refractivity contribution in [2.45, 2.75) is 12.3 Å². The molecule has 2 unspecified atom stereocenters. The lowest BCUT2D eigenvalue weighted by Gasteiger charge is -2.29. The standard InChI is InChI=1S/C25H24N4O5/c30-24-26-22-23(28(24)17-33-20-12-6-2-7-13-20)29(18-34-21-14-8-3-9-15-21)25(31)27(22)16-32-19-10-4-1-5-11-19/h1-15,22-23H,16-18H2,(H,26,30). The number of hydrogen-bond donors (Lipinski definition) is 1. The van der Waals surface area contributed by atoms with E-state index in [0.717, 1.165) is 0 Å². The summed E-state index contributed by atoms with van der Waals surface area (Å²) in [6.45, 7) is -0.0956. The Balaban J connectivity index is 1.34. The minimum absolute atomic E-state index is 0.0283. The number of fused-ring (bicyclic) bond motifs is 1. The van der Waals surface area contributed by atoms with Gasteiger partial charge in [0.2, 0.25) is 0 Å². The summed E-state index contributed by atoms with van der Waals surface area (Å²) in [6.07, 6.45) is -1.26. The zero-order chi connectivity index (χ0) is 23.3. The van der Waals surface area contributed by atoms with Crippen LogP contribution in [0.1, 0.15) is 0 Å². The third-order valence-electron chi connectivity index (χ3n) is 5.62. The Kier molecular flexibility index (Phi) is 6.07. The van der Waals surface area contributed by atoms with Crippen molar-refractivity contribution in [2.24, 2.45) is 0 Å². The highest BCUT2D eigenvalue weighted by Crippen LogP contribution is 2.30. The number of nitrogens with zero attached hydrogens (tertiary/aromatic N) is 3. The molecule has 3 aromatic rings. The number of para-hydroxylation sites is 3. The summed E-state index contributed by atoms with van der Waals surface area (Å²) in [6, 6.07) is 26.9. The minimum atomic E-state index is -0.633. The molecule has 9 heteroatoms. The van der Waals surface area contributed by atoms with Crippen molar-refractivity contribution >= 4 is 12.1 Å². The molecule has 34 heavy (non-hydrogen) atoms. The highest BCUT2D eigenvalue weighted by atomic mass is 16.5. The van der Waals surface area contributed by atoms with Gasteiger partial charge in [0.25, 0.3) is 0 Å². The lowest BCUT2D eigenvalue weighted by atomic mass is 10.3. The third kappa shape index (κ3) is 4.40. The third-order valence-corrected chi connectivity index (χ3v) is 5.62. The maximum absolute atomic E-state index is 13.4. The van der Waals surface area contributed by atoms with Gasteiger partial charge in [0, 0.05) is 0 Å². The molecule has 5 rings (SSSR count). The molecule has 2 fully saturated rings. The molecule has 2 saturated heterocycles. The predicted octanol–water partition coefficient (Wildman–Crippen LogP) is 3.51. The Bertz CT molecular complexity index is 1070. The molecule has 1 N–H and O–H groups in total. The molecule has 9 nitrogen and oxygen atoms in total. The van der Waals surface area contributed by atoms with Crippen LogP contribution in [0.15, 0.2) is 91.0 Å². The van der Waals surface area contributed by atoms with Crippen molar-refractivity contribution < 1.29 is 23.8 Å². The molecular weight excluding hydrogens is 436 g/mol. The van der Waals surface area contributed by atoms with Crippen LogP contribution in [0.25, 0.3) is 0 Å². The summed E-state index contributed by atoms with van der Waals surface area (Å²) in [5.41, 5.74) is 0. The predicted molar refractivity (Wildman–Crippen MR) is 123 cm³/mol. The van der Waals surface area contributed by atoms with Crippen LogP contribution in [0.2, 0.25) is 0 Å². The van der Waals surface area contributed by atoms with Crippen molar-refractivity contribution in [1.29, 1.82) is 0 Å². The second-order valence-corrected chi connectivity index (χ2v) is 7.76. The quantitative estimate of drug-likeness (QED) is 0.528. The van der Waals surface area contributed by atoms with Gasteiger partial charge in [-0.25, -0.2) is 9.59 Å². The van der Waals surface area contributed by atoms with Gasteiger partial charge in [0.05, 0.1) is 0 Å². The topological polar surface area (TPSA) is 83.6 Å². The summed E-state index contributed by atoms with van der Waals surface area (Å²) in [4.78, 5) is 30.7. The number of ether oxygens (including phenoxy) is 3. The van der Waals surface area contributed by atoms with E-state index in [2.05, 4.69) is 5.32 Å². The molecule has 0 bridgehead atoms. The smallest absolute Gasteiger partial charge is 0.328 e. The van der Waals surface area contributed by atoms with Gasteiger partial charge in [-0.05, 0) is 36.4 Å². The number of carbonyl (C=O) groups excluding carboxylic acids is 2. The van der Waals surface area contributed by atoms with Gasteiger partial charge in [-0.1, -0.05) is 54.6 Å². The van der Waals surface area contributed by atoms with Crippen molar-refractivity contribution in [2.75, 3.05) is 20.2 Å². The summed E-state index contributed by atoms with van der Waals surface area (Å²) in [7, 11) is 0. The van der Waals surface area contributed by atoms with Gasteiger partial charge in [-0.2, -0.15) is 0 Å². The van der Waals surface area contributed by atoms with Crippen LogP contribution in [-0.4, -0.2) is 59.3 Å². The summed E-state index contributed by atoms with van der Waals surface area (Å²) >= 11 is 0. The molecular formula is C25H24N4O5. The largest absolute Gasteiger partial charge is 0.473 e. The van der Waals surface area contributed by atoms with E-state index in [0.29, 0.717) is 17.2 Å². The van der Waals surface area contributed by atoms with E-state index >= 15 is 0 Å². The Morgan fingerprint density at radius 3 is 1.47 bits per heavy atom. The van der Waals surface area contributed by atoms with Gasteiger partial charge in [0.15, 0.2) is 32.5 Å². The number of benzene rings is 3. The lowest BCUT2D eigenvalue weighted by molar-refractivity contribution is 0.0401. The van der Waals surface area contributed by atoms with Crippen LogP contribution in [0.5, 0.6) is 17.2 Å². The number of amides is 4. The van der Waals surface area contributed by atoms with Crippen molar-refractivity contribution in [3.05, 3.63) is 91.0 Å². The average molecular weight is 460 g/mol. The number of carbonyl (C=O) groups is 2. The van der Waals surface area contributed by atoms with E-state index < -0.39 is 12.3 Å². The summed E-state index contributed by atoms with van der Waals surface area (Å²) in [5, 5.41) is 2.88. The maximum atomic E-state index is 13.4. The zero-order valence-corrected chi connectivity index (χ0v) is 18.3. The second-order valence-electron chi connectivity index (χ2n) is 7.76. The molecule has 0 saturated carbocycles.